The summed E-state index contributed by atoms with van der Waals surface area (Å²) in [7, 11) is -0.430. The Morgan fingerprint density at radius 2 is 1.89 bits per heavy atom. The fourth-order valence-corrected chi connectivity index (χ4v) is 3.13. The maximum atomic E-state index is 12.2. The van der Waals surface area contributed by atoms with Crippen LogP contribution < -0.4 is 0 Å². The van der Waals surface area contributed by atoms with E-state index in [1.807, 2.05) is 6.92 Å². The number of hydrogen-bond donors (Lipinski definition) is 0. The Bertz CT molecular complexity index is 473. The molecular weight excluding hydrogens is 274 g/mol. The number of benzene rings is 1. The summed E-state index contributed by atoms with van der Waals surface area (Å²) >= 11 is 5.96. The number of hydrogen-bond acceptors (Lipinski definition) is 3. The van der Waals surface area contributed by atoms with Gasteiger partial charge >= 0.3 is 0 Å². The molecule has 0 aromatic heterocycles. The van der Waals surface area contributed by atoms with Crippen LogP contribution in [-0.4, -0.2) is 45.4 Å². The van der Waals surface area contributed by atoms with Gasteiger partial charge in [-0.25, -0.2) is 8.42 Å². The minimum atomic E-state index is -3.48. The zero-order valence-corrected chi connectivity index (χ0v) is 12.3. The Hall–Kier alpha value is -0.620. The van der Waals surface area contributed by atoms with Gasteiger partial charge < -0.3 is 4.74 Å². The molecule has 18 heavy (non-hydrogen) atoms. The van der Waals surface area contributed by atoms with Crippen molar-refractivity contribution < 1.29 is 13.2 Å². The number of sulfonamides is 1. The van der Waals surface area contributed by atoms with E-state index in [0.29, 0.717) is 6.61 Å². The summed E-state index contributed by atoms with van der Waals surface area (Å²) in [5, 5.41) is -0.361. The van der Waals surface area contributed by atoms with Crippen molar-refractivity contribution in [2.45, 2.75) is 17.2 Å². The third-order valence-electron chi connectivity index (χ3n) is 2.53. The number of alkyl halides is 1. The Morgan fingerprint density at radius 1 is 1.33 bits per heavy atom. The smallest absolute Gasteiger partial charge is 0.242 e. The Morgan fingerprint density at radius 3 is 2.39 bits per heavy atom. The fraction of sp³-hybridized carbons (Fsp3) is 0.500. The van der Waals surface area contributed by atoms with Crippen LogP contribution in [0.4, 0.5) is 0 Å². The van der Waals surface area contributed by atoms with Gasteiger partial charge in [-0.3, -0.25) is 0 Å². The van der Waals surface area contributed by atoms with Crippen LogP contribution in [0.1, 0.15) is 5.56 Å². The first kappa shape index (κ1) is 15.4. The van der Waals surface area contributed by atoms with Crippen LogP contribution >= 0.6 is 11.6 Å². The zero-order chi connectivity index (χ0) is 13.8. The molecule has 0 aliphatic carbocycles. The monoisotopic (exact) mass is 291 g/mol. The van der Waals surface area contributed by atoms with Crippen LogP contribution in [0.3, 0.4) is 0 Å². The van der Waals surface area contributed by atoms with Crippen molar-refractivity contribution in [2.75, 3.05) is 27.3 Å². The van der Waals surface area contributed by atoms with E-state index in [9.17, 15) is 8.42 Å². The molecule has 0 radical (unpaired) electrons. The first-order valence-electron chi connectivity index (χ1n) is 5.54. The lowest BCUT2D eigenvalue weighted by Crippen LogP contribution is -2.33. The quantitative estimate of drug-likeness (QED) is 0.752. The standard InChI is InChI=1S/C12H18ClNO3S/c1-10-4-6-12(7-5-10)18(15,16)14(2)8-11(13)9-17-3/h4-7,11H,8-9H2,1-3H3. The molecule has 4 nitrogen and oxygen atoms in total. The highest BCUT2D eigenvalue weighted by atomic mass is 35.5. The predicted molar refractivity (Wildman–Crippen MR) is 72.5 cm³/mol. The highest BCUT2D eigenvalue weighted by Gasteiger charge is 2.22. The molecule has 0 heterocycles. The van der Waals surface area contributed by atoms with Gasteiger partial charge in [-0.15, -0.1) is 11.6 Å². The van der Waals surface area contributed by atoms with E-state index in [0.717, 1.165) is 5.56 Å². The van der Waals surface area contributed by atoms with Crippen LogP contribution in [0.5, 0.6) is 0 Å². The molecule has 0 saturated carbocycles. The van der Waals surface area contributed by atoms with Crippen molar-refractivity contribution in [1.82, 2.24) is 4.31 Å². The van der Waals surface area contributed by atoms with E-state index in [2.05, 4.69) is 0 Å². The normalized spacial score (nSPS) is 13.8. The molecule has 102 valence electrons. The lowest BCUT2D eigenvalue weighted by atomic mass is 10.2. The molecule has 6 heteroatoms. The number of ether oxygens (including phenoxy) is 1. The predicted octanol–water partition coefficient (Wildman–Crippen LogP) is 1.87. The number of aryl methyl sites for hydroxylation is 1. The van der Waals surface area contributed by atoms with Crippen LogP contribution in [0.25, 0.3) is 0 Å². The third-order valence-corrected chi connectivity index (χ3v) is 4.63. The number of nitrogens with zero attached hydrogens (tertiary/aromatic N) is 1. The van der Waals surface area contributed by atoms with Gasteiger partial charge in [-0.1, -0.05) is 17.7 Å². The molecule has 1 atom stereocenters. The molecule has 1 aromatic carbocycles. The maximum absolute atomic E-state index is 12.2. The zero-order valence-electron chi connectivity index (χ0n) is 10.8. The molecule has 0 fully saturated rings. The van der Waals surface area contributed by atoms with Crippen LogP contribution in [0.2, 0.25) is 0 Å². The Labute approximate surface area is 114 Å². The molecule has 1 aromatic rings. The summed E-state index contributed by atoms with van der Waals surface area (Å²) in [5.74, 6) is 0. The van der Waals surface area contributed by atoms with Gasteiger partial charge in [0, 0.05) is 20.7 Å². The van der Waals surface area contributed by atoms with Crippen molar-refractivity contribution in [3.63, 3.8) is 0 Å². The summed E-state index contributed by atoms with van der Waals surface area (Å²) in [6, 6.07) is 6.74. The van der Waals surface area contributed by atoms with Gasteiger partial charge in [-0.2, -0.15) is 4.31 Å². The summed E-state index contributed by atoms with van der Waals surface area (Å²) < 4.78 is 30.5. The molecule has 0 aliphatic heterocycles. The van der Waals surface area contributed by atoms with E-state index in [1.165, 1.54) is 18.5 Å². The summed E-state index contributed by atoms with van der Waals surface area (Å²) in [6.45, 7) is 2.44. The SMILES string of the molecule is COCC(Cl)CN(C)S(=O)(=O)c1ccc(C)cc1. The average molecular weight is 292 g/mol. The topological polar surface area (TPSA) is 46.6 Å². The van der Waals surface area contributed by atoms with Gasteiger partial charge in [0.15, 0.2) is 0 Å². The minimum Gasteiger partial charge on any atom is -0.383 e. The largest absolute Gasteiger partial charge is 0.383 e. The van der Waals surface area contributed by atoms with Gasteiger partial charge in [0.1, 0.15) is 0 Å². The van der Waals surface area contributed by atoms with E-state index in [1.54, 1.807) is 24.3 Å². The highest BCUT2D eigenvalue weighted by Crippen LogP contribution is 2.16. The summed E-state index contributed by atoms with van der Waals surface area (Å²) in [4.78, 5) is 0.275. The fourth-order valence-electron chi connectivity index (χ4n) is 1.50. The maximum Gasteiger partial charge on any atom is 0.242 e. The molecular formula is C12H18ClNO3S. The van der Waals surface area contributed by atoms with Crippen molar-refractivity contribution >= 4 is 21.6 Å². The minimum absolute atomic E-state index is 0.214. The number of methoxy groups -OCH3 is 1. The first-order chi connectivity index (χ1) is 8.37. The molecule has 1 unspecified atom stereocenters. The lowest BCUT2D eigenvalue weighted by molar-refractivity contribution is 0.192. The van der Waals surface area contributed by atoms with Crippen molar-refractivity contribution in [3.8, 4) is 0 Å². The molecule has 0 saturated heterocycles. The molecule has 0 amide bonds. The van der Waals surface area contributed by atoms with Crippen molar-refractivity contribution in [2.24, 2.45) is 0 Å². The van der Waals surface area contributed by atoms with Crippen molar-refractivity contribution in [3.05, 3.63) is 29.8 Å². The van der Waals surface area contributed by atoms with Gasteiger partial charge in [0.25, 0.3) is 0 Å². The Balaban J connectivity index is 2.83. The molecule has 0 N–H and O–H groups in total. The van der Waals surface area contributed by atoms with E-state index in [4.69, 9.17) is 16.3 Å². The second-order valence-electron chi connectivity index (χ2n) is 4.15. The average Bonchev–Trinajstić information content (AvgIpc) is 2.29. The highest BCUT2D eigenvalue weighted by molar-refractivity contribution is 7.89. The van der Waals surface area contributed by atoms with Gasteiger partial charge in [0.2, 0.25) is 10.0 Å². The third kappa shape index (κ3) is 3.95. The lowest BCUT2D eigenvalue weighted by Gasteiger charge is -2.19. The van der Waals surface area contributed by atoms with Gasteiger partial charge in [-0.05, 0) is 19.1 Å². The second-order valence-corrected chi connectivity index (χ2v) is 6.81. The molecule has 0 aliphatic rings. The van der Waals surface area contributed by atoms with Crippen LogP contribution in [0.15, 0.2) is 29.2 Å². The number of rotatable bonds is 6. The van der Waals surface area contributed by atoms with E-state index < -0.39 is 10.0 Å². The number of halogens is 1. The van der Waals surface area contributed by atoms with Crippen molar-refractivity contribution in [1.29, 1.82) is 0 Å². The first-order valence-corrected chi connectivity index (χ1v) is 7.41. The molecule has 1 rings (SSSR count). The Kier molecular flexibility index (Phi) is 5.59. The van der Waals surface area contributed by atoms with E-state index in [-0.39, 0.29) is 16.8 Å². The second kappa shape index (κ2) is 6.52. The van der Waals surface area contributed by atoms with Gasteiger partial charge in [0.05, 0.1) is 16.9 Å². The van der Waals surface area contributed by atoms with Crippen LogP contribution in [0, 0.1) is 6.92 Å². The van der Waals surface area contributed by atoms with E-state index >= 15 is 0 Å². The molecule has 0 bridgehead atoms. The van der Waals surface area contributed by atoms with Crippen LogP contribution in [-0.2, 0) is 14.8 Å². The summed E-state index contributed by atoms with van der Waals surface area (Å²) in [6.07, 6.45) is 0. The molecule has 0 spiro atoms. The summed E-state index contributed by atoms with van der Waals surface area (Å²) in [5.41, 5.74) is 1.02.